The Bertz CT molecular complexity index is 969. The number of halogens is 1. The van der Waals surface area contributed by atoms with E-state index in [1.165, 1.54) is 0 Å². The lowest BCUT2D eigenvalue weighted by Crippen LogP contribution is -2.15. The van der Waals surface area contributed by atoms with Crippen LogP contribution >= 0.6 is 11.6 Å². The van der Waals surface area contributed by atoms with Gasteiger partial charge in [-0.05, 0) is 55.0 Å². The number of aryl methyl sites for hydroxylation is 1. The zero-order valence-corrected chi connectivity index (χ0v) is 14.9. The maximum atomic E-state index is 12.4. The summed E-state index contributed by atoms with van der Waals surface area (Å²) < 4.78 is 0. The van der Waals surface area contributed by atoms with E-state index in [2.05, 4.69) is 10.6 Å². The minimum atomic E-state index is -0.327. The van der Waals surface area contributed by atoms with Crippen molar-refractivity contribution >= 4 is 34.8 Å². The maximum absolute atomic E-state index is 12.4. The summed E-state index contributed by atoms with van der Waals surface area (Å²) in [6.07, 6.45) is 0. The Hall–Kier alpha value is -3.11. The van der Waals surface area contributed by atoms with Crippen LogP contribution in [0, 0.1) is 6.92 Å². The zero-order valence-electron chi connectivity index (χ0n) is 14.1. The molecule has 0 unspecified atom stereocenters. The minimum absolute atomic E-state index is 0.246. The summed E-state index contributed by atoms with van der Waals surface area (Å²) in [5, 5.41) is 5.98. The Kier molecular flexibility index (Phi) is 5.34. The molecule has 0 saturated heterocycles. The molecule has 4 nitrogen and oxygen atoms in total. The molecule has 0 aliphatic heterocycles. The van der Waals surface area contributed by atoms with Crippen LogP contribution in [0.2, 0.25) is 5.02 Å². The van der Waals surface area contributed by atoms with Gasteiger partial charge in [0.05, 0.1) is 10.6 Å². The van der Waals surface area contributed by atoms with Gasteiger partial charge in [0.2, 0.25) is 0 Å². The molecule has 0 aliphatic carbocycles. The van der Waals surface area contributed by atoms with Crippen molar-refractivity contribution in [3.8, 4) is 0 Å². The first kappa shape index (κ1) is 17.7. The Balaban J connectivity index is 1.74. The topological polar surface area (TPSA) is 58.2 Å². The molecule has 3 rings (SSSR count). The lowest BCUT2D eigenvalue weighted by atomic mass is 10.1. The van der Waals surface area contributed by atoms with Gasteiger partial charge in [-0.25, -0.2) is 0 Å². The number of hydrogen-bond donors (Lipinski definition) is 2. The van der Waals surface area contributed by atoms with E-state index in [1.807, 2.05) is 31.2 Å². The van der Waals surface area contributed by atoms with Crippen molar-refractivity contribution in [3.05, 3.63) is 94.5 Å². The van der Waals surface area contributed by atoms with E-state index >= 15 is 0 Å². The lowest BCUT2D eigenvalue weighted by Gasteiger charge is -2.09. The van der Waals surface area contributed by atoms with Gasteiger partial charge in [-0.1, -0.05) is 41.9 Å². The average Bonchev–Trinajstić information content (AvgIpc) is 2.62. The van der Waals surface area contributed by atoms with Gasteiger partial charge in [0.15, 0.2) is 0 Å². The monoisotopic (exact) mass is 364 g/mol. The van der Waals surface area contributed by atoms with Crippen LogP contribution in [0.5, 0.6) is 0 Å². The first-order valence-corrected chi connectivity index (χ1v) is 8.45. The summed E-state index contributed by atoms with van der Waals surface area (Å²) in [5.41, 5.74) is 3.13. The van der Waals surface area contributed by atoms with E-state index in [4.69, 9.17) is 11.6 Å². The molecule has 0 radical (unpaired) electrons. The first-order chi connectivity index (χ1) is 12.5. The van der Waals surface area contributed by atoms with Gasteiger partial charge in [0, 0.05) is 16.9 Å². The molecule has 3 aromatic carbocycles. The Morgan fingerprint density at radius 3 is 2.15 bits per heavy atom. The van der Waals surface area contributed by atoms with Crippen molar-refractivity contribution in [2.45, 2.75) is 6.92 Å². The van der Waals surface area contributed by atoms with E-state index in [0.29, 0.717) is 21.8 Å². The fourth-order valence-corrected chi connectivity index (χ4v) is 2.73. The van der Waals surface area contributed by atoms with Crippen molar-refractivity contribution in [2.75, 3.05) is 10.6 Å². The number of nitrogens with one attached hydrogen (secondary N) is 2. The van der Waals surface area contributed by atoms with Crippen LogP contribution < -0.4 is 10.6 Å². The molecule has 2 N–H and O–H groups in total. The number of carbonyl (C=O) groups is 2. The van der Waals surface area contributed by atoms with E-state index in [1.54, 1.807) is 48.5 Å². The van der Waals surface area contributed by atoms with E-state index in [-0.39, 0.29) is 11.8 Å². The predicted octanol–water partition coefficient (Wildman–Crippen LogP) is 5.15. The van der Waals surface area contributed by atoms with Gasteiger partial charge in [-0.15, -0.1) is 0 Å². The normalized spacial score (nSPS) is 10.2. The summed E-state index contributed by atoms with van der Waals surface area (Å²) in [6, 6.07) is 21.1. The number of anilines is 2. The van der Waals surface area contributed by atoms with Gasteiger partial charge in [0.1, 0.15) is 0 Å². The quantitative estimate of drug-likeness (QED) is 0.672. The van der Waals surface area contributed by atoms with Crippen molar-refractivity contribution in [1.29, 1.82) is 0 Å². The summed E-state index contributed by atoms with van der Waals surface area (Å²) in [5.74, 6) is -0.573. The smallest absolute Gasteiger partial charge is 0.257 e. The molecule has 0 aromatic heterocycles. The molecule has 26 heavy (non-hydrogen) atoms. The third-order valence-electron chi connectivity index (χ3n) is 3.78. The van der Waals surface area contributed by atoms with Gasteiger partial charge < -0.3 is 10.6 Å². The highest BCUT2D eigenvalue weighted by Crippen LogP contribution is 2.19. The Morgan fingerprint density at radius 1 is 0.769 bits per heavy atom. The fraction of sp³-hybridized carbons (Fsp3) is 0.0476. The third kappa shape index (κ3) is 4.29. The zero-order chi connectivity index (χ0) is 18.5. The summed E-state index contributed by atoms with van der Waals surface area (Å²) in [7, 11) is 0. The van der Waals surface area contributed by atoms with Gasteiger partial charge >= 0.3 is 0 Å². The van der Waals surface area contributed by atoms with E-state index in [0.717, 1.165) is 11.3 Å². The van der Waals surface area contributed by atoms with Crippen molar-refractivity contribution in [3.63, 3.8) is 0 Å². The lowest BCUT2D eigenvalue weighted by molar-refractivity contribution is 0.101. The SMILES string of the molecule is Cc1cccc(NC(=O)c2cccc(NC(=O)c3ccccc3Cl)c2)c1. The van der Waals surface area contributed by atoms with Crippen LogP contribution in [0.1, 0.15) is 26.3 Å². The first-order valence-electron chi connectivity index (χ1n) is 8.07. The molecule has 0 saturated carbocycles. The van der Waals surface area contributed by atoms with Crippen molar-refractivity contribution in [1.82, 2.24) is 0 Å². The summed E-state index contributed by atoms with van der Waals surface area (Å²) in [6.45, 7) is 1.96. The fourth-order valence-electron chi connectivity index (χ4n) is 2.51. The van der Waals surface area contributed by atoms with E-state index in [9.17, 15) is 9.59 Å². The Labute approximate surface area is 156 Å². The van der Waals surface area contributed by atoms with Crippen molar-refractivity contribution < 1.29 is 9.59 Å². The predicted molar refractivity (Wildman–Crippen MR) is 105 cm³/mol. The standard InChI is InChI=1S/C21H17ClN2O2/c1-14-6-4-8-16(12-14)23-20(25)15-7-5-9-17(13-15)24-21(26)18-10-2-3-11-19(18)22/h2-13H,1H3,(H,23,25)(H,24,26). The second kappa shape index (κ2) is 7.85. The number of carbonyl (C=O) groups excluding carboxylic acids is 2. The third-order valence-corrected chi connectivity index (χ3v) is 4.11. The summed E-state index contributed by atoms with van der Waals surface area (Å²) in [4.78, 5) is 24.8. The molecule has 0 heterocycles. The molecule has 130 valence electrons. The molecule has 0 fully saturated rings. The minimum Gasteiger partial charge on any atom is -0.322 e. The molecule has 2 amide bonds. The van der Waals surface area contributed by atoms with Crippen LogP contribution in [0.4, 0.5) is 11.4 Å². The van der Waals surface area contributed by atoms with Gasteiger partial charge in [0.25, 0.3) is 11.8 Å². The molecule has 3 aromatic rings. The van der Waals surface area contributed by atoms with Gasteiger partial charge in [-0.2, -0.15) is 0 Å². The highest BCUT2D eigenvalue weighted by atomic mass is 35.5. The van der Waals surface area contributed by atoms with Crippen LogP contribution in [-0.4, -0.2) is 11.8 Å². The highest BCUT2D eigenvalue weighted by Gasteiger charge is 2.12. The van der Waals surface area contributed by atoms with Crippen LogP contribution in [0.15, 0.2) is 72.8 Å². The molecular weight excluding hydrogens is 348 g/mol. The molecule has 0 aliphatic rings. The second-order valence-electron chi connectivity index (χ2n) is 5.84. The molecule has 5 heteroatoms. The Morgan fingerprint density at radius 2 is 1.42 bits per heavy atom. The average molecular weight is 365 g/mol. The van der Waals surface area contributed by atoms with Crippen LogP contribution in [0.3, 0.4) is 0 Å². The number of amides is 2. The highest BCUT2D eigenvalue weighted by molar-refractivity contribution is 6.34. The number of benzene rings is 3. The number of hydrogen-bond acceptors (Lipinski definition) is 2. The number of rotatable bonds is 4. The van der Waals surface area contributed by atoms with Gasteiger partial charge in [-0.3, -0.25) is 9.59 Å². The summed E-state index contributed by atoms with van der Waals surface area (Å²) >= 11 is 6.05. The van der Waals surface area contributed by atoms with Crippen LogP contribution in [0.25, 0.3) is 0 Å². The maximum Gasteiger partial charge on any atom is 0.257 e. The second-order valence-corrected chi connectivity index (χ2v) is 6.25. The largest absolute Gasteiger partial charge is 0.322 e. The van der Waals surface area contributed by atoms with Crippen molar-refractivity contribution in [2.24, 2.45) is 0 Å². The van der Waals surface area contributed by atoms with Crippen LogP contribution in [-0.2, 0) is 0 Å². The molecular formula is C21H17ClN2O2. The molecule has 0 spiro atoms. The molecule has 0 bridgehead atoms. The molecule has 0 atom stereocenters. The van der Waals surface area contributed by atoms with E-state index < -0.39 is 0 Å².